The Morgan fingerprint density at radius 1 is 1.45 bits per heavy atom. The normalized spacial score (nSPS) is 10.7. The average Bonchev–Trinajstić information content (AvgIpc) is 2.94. The average molecular weight is 294 g/mol. The zero-order valence-corrected chi connectivity index (χ0v) is 11.0. The van der Waals surface area contributed by atoms with E-state index in [4.69, 9.17) is 5.73 Å². The van der Waals surface area contributed by atoms with Gasteiger partial charge in [0.1, 0.15) is 10.7 Å². The molecule has 2 rings (SSSR count). The zero-order valence-electron chi connectivity index (χ0n) is 10.2. The Balaban J connectivity index is 2.31. The number of anilines is 1. The van der Waals surface area contributed by atoms with Crippen molar-refractivity contribution in [3.05, 3.63) is 42.0 Å². The van der Waals surface area contributed by atoms with E-state index in [1.807, 2.05) is 0 Å². The van der Waals surface area contributed by atoms with Crippen molar-refractivity contribution in [3.8, 4) is 11.8 Å². The molecule has 20 heavy (non-hydrogen) atoms. The summed E-state index contributed by atoms with van der Waals surface area (Å²) in [5.41, 5.74) is 5.49. The summed E-state index contributed by atoms with van der Waals surface area (Å²) in [5, 5.41) is 5.97. The molecule has 0 radical (unpaired) electrons. The van der Waals surface area contributed by atoms with Gasteiger partial charge in [-0.15, -0.1) is 0 Å². The minimum absolute atomic E-state index is 0.0172. The van der Waals surface area contributed by atoms with Crippen molar-refractivity contribution in [2.24, 2.45) is 5.73 Å². The Labute approximate surface area is 115 Å². The van der Waals surface area contributed by atoms with Crippen LogP contribution >= 0.6 is 0 Å². The molecular formula is C12H11FN4O2S. The molecule has 6 nitrogen and oxygen atoms in total. The molecule has 0 aliphatic rings. The molecular weight excluding hydrogens is 283 g/mol. The number of nitrogens with one attached hydrogen (secondary N) is 2. The van der Waals surface area contributed by atoms with Crippen LogP contribution in [0.15, 0.2) is 35.5 Å². The Hall–Kier alpha value is -2.37. The maximum absolute atomic E-state index is 13.5. The third-order valence-corrected chi connectivity index (χ3v) is 3.68. The van der Waals surface area contributed by atoms with Crippen molar-refractivity contribution in [1.29, 1.82) is 0 Å². The molecule has 104 valence electrons. The van der Waals surface area contributed by atoms with E-state index in [0.717, 1.165) is 6.07 Å². The van der Waals surface area contributed by atoms with E-state index in [1.54, 1.807) is 0 Å². The van der Waals surface area contributed by atoms with Gasteiger partial charge in [-0.2, -0.15) is 5.10 Å². The highest BCUT2D eigenvalue weighted by Crippen LogP contribution is 2.18. The van der Waals surface area contributed by atoms with Crippen molar-refractivity contribution in [3.63, 3.8) is 0 Å². The zero-order chi connectivity index (χ0) is 14.6. The van der Waals surface area contributed by atoms with Crippen molar-refractivity contribution in [2.75, 3.05) is 11.3 Å². The van der Waals surface area contributed by atoms with Crippen molar-refractivity contribution >= 4 is 15.7 Å². The lowest BCUT2D eigenvalue weighted by atomic mass is 10.2. The Morgan fingerprint density at radius 2 is 2.25 bits per heavy atom. The molecule has 0 spiro atoms. The molecule has 0 aliphatic carbocycles. The second kappa shape index (κ2) is 5.73. The second-order valence-electron chi connectivity index (χ2n) is 3.74. The van der Waals surface area contributed by atoms with E-state index in [9.17, 15) is 12.8 Å². The third-order valence-electron chi connectivity index (χ3n) is 2.33. The van der Waals surface area contributed by atoms with Crippen LogP contribution in [0.25, 0.3) is 0 Å². The fourth-order valence-corrected chi connectivity index (χ4v) is 2.39. The molecule has 2 aromatic rings. The molecule has 8 heteroatoms. The first-order valence-corrected chi connectivity index (χ1v) is 7.01. The van der Waals surface area contributed by atoms with Crippen molar-refractivity contribution < 1.29 is 12.8 Å². The maximum Gasteiger partial charge on any atom is 0.265 e. The summed E-state index contributed by atoms with van der Waals surface area (Å²) in [5.74, 6) is 4.49. The lowest BCUT2D eigenvalue weighted by Gasteiger charge is -2.06. The monoisotopic (exact) mass is 294 g/mol. The molecule has 1 aromatic heterocycles. The van der Waals surface area contributed by atoms with E-state index in [1.165, 1.54) is 24.5 Å². The van der Waals surface area contributed by atoms with Gasteiger partial charge in [0.15, 0.2) is 0 Å². The lowest BCUT2D eigenvalue weighted by Crippen LogP contribution is -2.12. The van der Waals surface area contributed by atoms with Crippen LogP contribution in [-0.2, 0) is 10.0 Å². The minimum Gasteiger partial charge on any atom is -0.320 e. The van der Waals surface area contributed by atoms with Crippen LogP contribution in [0.4, 0.5) is 10.1 Å². The first kappa shape index (κ1) is 14.0. The van der Waals surface area contributed by atoms with Gasteiger partial charge in [-0.05, 0) is 18.2 Å². The lowest BCUT2D eigenvalue weighted by molar-refractivity contribution is 0.601. The number of H-pyrrole nitrogens is 1. The van der Waals surface area contributed by atoms with Crippen LogP contribution in [0.3, 0.4) is 0 Å². The number of rotatable bonds is 3. The summed E-state index contributed by atoms with van der Waals surface area (Å²) >= 11 is 0. The topological polar surface area (TPSA) is 101 Å². The fraction of sp³-hybridized carbons (Fsp3) is 0.0833. The van der Waals surface area contributed by atoms with Crippen LogP contribution in [-0.4, -0.2) is 25.2 Å². The predicted molar refractivity (Wildman–Crippen MR) is 71.7 cm³/mol. The molecule has 0 unspecified atom stereocenters. The first-order valence-electron chi connectivity index (χ1n) is 5.53. The highest BCUT2D eigenvalue weighted by atomic mass is 32.2. The Bertz CT molecular complexity index is 760. The maximum atomic E-state index is 13.5. The van der Waals surface area contributed by atoms with Crippen LogP contribution < -0.4 is 10.5 Å². The van der Waals surface area contributed by atoms with Gasteiger partial charge in [0.2, 0.25) is 0 Å². The van der Waals surface area contributed by atoms with Crippen LogP contribution in [0.1, 0.15) is 5.56 Å². The highest BCUT2D eigenvalue weighted by Gasteiger charge is 2.15. The largest absolute Gasteiger partial charge is 0.320 e. The van der Waals surface area contributed by atoms with E-state index >= 15 is 0 Å². The molecule has 0 bridgehead atoms. The standard InChI is InChI=1S/C12H11FN4O2S/c13-12-4-3-10(6-9(12)2-1-5-14)17-20(18,19)11-7-15-16-8-11/h3-4,6-8,17H,5,14H2,(H,15,16). The highest BCUT2D eigenvalue weighted by molar-refractivity contribution is 7.92. The predicted octanol–water partition coefficient (Wildman–Crippen LogP) is 0.660. The number of aromatic nitrogens is 2. The molecule has 0 fully saturated rings. The van der Waals surface area contributed by atoms with Crippen LogP contribution in [0, 0.1) is 17.7 Å². The molecule has 0 atom stereocenters. The molecule has 0 aliphatic heterocycles. The van der Waals surface area contributed by atoms with Crippen LogP contribution in [0.5, 0.6) is 0 Å². The SMILES string of the molecule is NCC#Cc1cc(NS(=O)(=O)c2cn[nH]c2)ccc1F. The summed E-state index contributed by atoms with van der Waals surface area (Å²) in [7, 11) is -3.76. The van der Waals surface area contributed by atoms with Gasteiger partial charge in [-0.25, -0.2) is 12.8 Å². The Morgan fingerprint density at radius 3 is 2.90 bits per heavy atom. The number of halogens is 1. The smallest absolute Gasteiger partial charge is 0.265 e. The van der Waals surface area contributed by atoms with Gasteiger partial charge >= 0.3 is 0 Å². The molecule has 0 saturated heterocycles. The second-order valence-corrected chi connectivity index (χ2v) is 5.42. The van der Waals surface area contributed by atoms with Gasteiger partial charge in [-0.1, -0.05) is 11.8 Å². The summed E-state index contributed by atoms with van der Waals surface area (Å²) in [6, 6.07) is 3.74. The van der Waals surface area contributed by atoms with Crippen LogP contribution in [0.2, 0.25) is 0 Å². The molecule has 4 N–H and O–H groups in total. The number of hydrogen-bond donors (Lipinski definition) is 3. The van der Waals surface area contributed by atoms with Crippen molar-refractivity contribution in [1.82, 2.24) is 10.2 Å². The Kier molecular flexibility index (Phi) is 4.02. The summed E-state index contributed by atoms with van der Waals surface area (Å²) in [6.07, 6.45) is 2.40. The quantitative estimate of drug-likeness (QED) is 0.724. The van der Waals surface area contributed by atoms with Gasteiger partial charge in [-0.3, -0.25) is 9.82 Å². The van der Waals surface area contributed by atoms with E-state index in [0.29, 0.717) is 0 Å². The van der Waals surface area contributed by atoms with Crippen molar-refractivity contribution in [2.45, 2.75) is 4.90 Å². The number of aromatic amines is 1. The summed E-state index contributed by atoms with van der Waals surface area (Å²) in [4.78, 5) is -0.0172. The number of benzene rings is 1. The number of sulfonamides is 1. The van der Waals surface area contributed by atoms with Gasteiger partial charge in [0, 0.05) is 6.20 Å². The number of nitrogens with zero attached hydrogens (tertiary/aromatic N) is 1. The van der Waals surface area contributed by atoms with Gasteiger partial charge < -0.3 is 5.73 Å². The molecule has 1 aromatic carbocycles. The number of hydrogen-bond acceptors (Lipinski definition) is 4. The molecule has 0 saturated carbocycles. The van der Waals surface area contributed by atoms with E-state index in [2.05, 4.69) is 26.8 Å². The molecule has 1 heterocycles. The first-order chi connectivity index (χ1) is 9.53. The third kappa shape index (κ3) is 3.14. The minimum atomic E-state index is -3.76. The van der Waals surface area contributed by atoms with Gasteiger partial charge in [0.05, 0.1) is 24.0 Å². The number of nitrogens with two attached hydrogens (primary N) is 1. The van der Waals surface area contributed by atoms with E-state index in [-0.39, 0.29) is 22.7 Å². The van der Waals surface area contributed by atoms with E-state index < -0.39 is 15.8 Å². The summed E-state index contributed by atoms with van der Waals surface area (Å²) < 4.78 is 39.7. The summed E-state index contributed by atoms with van der Waals surface area (Å²) in [6.45, 7) is 0.0877. The molecule has 0 amide bonds. The van der Waals surface area contributed by atoms with Gasteiger partial charge in [0.25, 0.3) is 10.0 Å². The fourth-order valence-electron chi connectivity index (χ4n) is 1.43.